The largest absolute Gasteiger partial charge is 0.497 e. The number of methoxy groups -OCH3 is 1. The lowest BCUT2D eigenvalue weighted by Crippen LogP contribution is -1.90. The Morgan fingerprint density at radius 3 is 1.60 bits per heavy atom. The highest BCUT2D eigenvalue weighted by atomic mass is 16.5. The zero-order chi connectivity index (χ0) is 17.5. The van der Waals surface area contributed by atoms with E-state index in [2.05, 4.69) is 42.5 Å². The summed E-state index contributed by atoms with van der Waals surface area (Å²) in [7, 11) is 1.68. The van der Waals surface area contributed by atoms with Gasteiger partial charge in [0.1, 0.15) is 11.5 Å². The van der Waals surface area contributed by atoms with E-state index in [9.17, 15) is 0 Å². The molecule has 4 aromatic rings. The minimum atomic E-state index is 0.721. The van der Waals surface area contributed by atoms with Crippen LogP contribution in [0.25, 0.3) is 21.5 Å². The minimum absolute atomic E-state index is 0.721. The molecule has 126 valence electrons. The van der Waals surface area contributed by atoms with E-state index >= 15 is 0 Å². The van der Waals surface area contributed by atoms with Crippen LogP contribution in [0.15, 0.2) is 84.9 Å². The molecule has 4 aromatic carbocycles. The predicted octanol–water partition coefficient (Wildman–Crippen LogP) is 6.09. The Morgan fingerprint density at radius 1 is 0.600 bits per heavy atom. The summed E-state index contributed by atoms with van der Waals surface area (Å²) >= 11 is 0. The lowest BCUT2D eigenvalue weighted by molar-refractivity contribution is 0.341. The Balaban J connectivity index is 0.000000146. The quantitative estimate of drug-likeness (QED) is 0.453. The topological polar surface area (TPSA) is 18.5 Å². The van der Waals surface area contributed by atoms with Crippen LogP contribution in [0.2, 0.25) is 0 Å². The van der Waals surface area contributed by atoms with Crippen molar-refractivity contribution in [3.63, 3.8) is 0 Å². The van der Waals surface area contributed by atoms with Crippen molar-refractivity contribution >= 4 is 21.5 Å². The SMILES string of the molecule is CCOc1ccc2ccccc2c1.COc1ccc2ccccc2c1. The van der Waals surface area contributed by atoms with Gasteiger partial charge in [-0.15, -0.1) is 0 Å². The number of hydrogen-bond donors (Lipinski definition) is 0. The molecule has 0 bridgehead atoms. The Kier molecular flexibility index (Phi) is 5.53. The third-order valence-electron chi connectivity index (χ3n) is 3.99. The minimum Gasteiger partial charge on any atom is -0.497 e. The smallest absolute Gasteiger partial charge is 0.119 e. The molecular weight excluding hydrogens is 308 g/mol. The van der Waals surface area contributed by atoms with E-state index in [4.69, 9.17) is 9.47 Å². The molecule has 2 nitrogen and oxygen atoms in total. The van der Waals surface area contributed by atoms with Crippen LogP contribution >= 0.6 is 0 Å². The predicted molar refractivity (Wildman–Crippen MR) is 106 cm³/mol. The molecule has 0 radical (unpaired) electrons. The second-order valence-electron chi connectivity index (χ2n) is 5.66. The first-order valence-corrected chi connectivity index (χ1v) is 8.44. The first kappa shape index (κ1) is 16.8. The molecule has 0 saturated heterocycles. The number of rotatable bonds is 3. The Morgan fingerprint density at radius 2 is 1.08 bits per heavy atom. The second-order valence-corrected chi connectivity index (χ2v) is 5.66. The molecule has 0 aliphatic heterocycles. The average Bonchev–Trinajstić information content (AvgIpc) is 2.68. The van der Waals surface area contributed by atoms with Gasteiger partial charge in [-0.2, -0.15) is 0 Å². The lowest BCUT2D eigenvalue weighted by atomic mass is 10.1. The monoisotopic (exact) mass is 330 g/mol. The Bertz CT molecular complexity index is 960. The van der Waals surface area contributed by atoms with Gasteiger partial charge in [0.05, 0.1) is 13.7 Å². The van der Waals surface area contributed by atoms with Gasteiger partial charge >= 0.3 is 0 Å². The van der Waals surface area contributed by atoms with Crippen molar-refractivity contribution in [2.45, 2.75) is 6.92 Å². The third-order valence-corrected chi connectivity index (χ3v) is 3.99. The summed E-state index contributed by atoms with van der Waals surface area (Å²) in [6.45, 7) is 2.72. The van der Waals surface area contributed by atoms with Gasteiger partial charge in [0.15, 0.2) is 0 Å². The summed E-state index contributed by atoms with van der Waals surface area (Å²) in [5.74, 6) is 1.86. The first-order valence-electron chi connectivity index (χ1n) is 8.44. The maximum atomic E-state index is 5.41. The van der Waals surface area contributed by atoms with Crippen LogP contribution in [0, 0.1) is 0 Å². The molecule has 0 amide bonds. The van der Waals surface area contributed by atoms with Crippen molar-refractivity contribution in [2.75, 3.05) is 13.7 Å². The summed E-state index contributed by atoms with van der Waals surface area (Å²) in [6, 6.07) is 28.8. The maximum Gasteiger partial charge on any atom is 0.119 e. The van der Waals surface area contributed by atoms with Crippen LogP contribution in [-0.2, 0) is 0 Å². The van der Waals surface area contributed by atoms with Crippen molar-refractivity contribution < 1.29 is 9.47 Å². The molecule has 0 aromatic heterocycles. The van der Waals surface area contributed by atoms with Crippen LogP contribution in [-0.4, -0.2) is 13.7 Å². The van der Waals surface area contributed by atoms with Crippen LogP contribution in [0.1, 0.15) is 6.92 Å². The molecule has 2 heteroatoms. The highest BCUT2D eigenvalue weighted by molar-refractivity contribution is 5.84. The van der Waals surface area contributed by atoms with E-state index in [-0.39, 0.29) is 0 Å². The van der Waals surface area contributed by atoms with E-state index in [1.54, 1.807) is 7.11 Å². The molecule has 4 rings (SSSR count). The molecule has 0 heterocycles. The number of hydrogen-bond acceptors (Lipinski definition) is 2. The number of fused-ring (bicyclic) bond motifs is 2. The summed E-state index contributed by atoms with van der Waals surface area (Å²) in [6.07, 6.45) is 0. The molecule has 0 aliphatic carbocycles. The standard InChI is InChI=1S/C12H12O.C11H10O/c1-2-13-12-8-7-10-5-3-4-6-11(10)9-12;1-12-11-7-6-9-4-2-3-5-10(9)8-11/h3-9H,2H2,1H3;2-8H,1H3. The average molecular weight is 330 g/mol. The number of ether oxygens (including phenoxy) is 2. The molecule has 0 atom stereocenters. The van der Waals surface area contributed by atoms with Crippen molar-refractivity contribution in [1.29, 1.82) is 0 Å². The van der Waals surface area contributed by atoms with Gasteiger partial charge in [0.25, 0.3) is 0 Å². The fourth-order valence-corrected chi connectivity index (χ4v) is 2.72. The van der Waals surface area contributed by atoms with Crippen LogP contribution in [0.3, 0.4) is 0 Å². The molecule has 0 N–H and O–H groups in total. The maximum absolute atomic E-state index is 5.41. The summed E-state index contributed by atoms with van der Waals surface area (Å²) in [5, 5.41) is 4.95. The molecule has 0 saturated carbocycles. The van der Waals surface area contributed by atoms with Crippen LogP contribution in [0.5, 0.6) is 11.5 Å². The zero-order valence-electron chi connectivity index (χ0n) is 14.6. The molecule has 0 unspecified atom stereocenters. The van der Waals surface area contributed by atoms with Crippen molar-refractivity contribution in [3.05, 3.63) is 84.9 Å². The summed E-state index contributed by atoms with van der Waals surface area (Å²) in [4.78, 5) is 0. The van der Waals surface area contributed by atoms with E-state index in [1.165, 1.54) is 21.5 Å². The normalized spacial score (nSPS) is 10.2. The van der Waals surface area contributed by atoms with Crippen molar-refractivity contribution in [2.24, 2.45) is 0 Å². The van der Waals surface area contributed by atoms with E-state index in [0.717, 1.165) is 18.1 Å². The van der Waals surface area contributed by atoms with Crippen molar-refractivity contribution in [3.8, 4) is 11.5 Å². The van der Waals surface area contributed by atoms with Gasteiger partial charge in [-0.05, 0) is 52.7 Å². The van der Waals surface area contributed by atoms with E-state index < -0.39 is 0 Å². The highest BCUT2D eigenvalue weighted by Crippen LogP contribution is 2.20. The fourth-order valence-electron chi connectivity index (χ4n) is 2.72. The van der Waals surface area contributed by atoms with Gasteiger partial charge in [0, 0.05) is 0 Å². The lowest BCUT2D eigenvalue weighted by Gasteiger charge is -2.03. The molecule has 0 spiro atoms. The second kappa shape index (κ2) is 8.20. The highest BCUT2D eigenvalue weighted by Gasteiger charge is 1.95. The summed E-state index contributed by atoms with van der Waals surface area (Å²) < 4.78 is 10.5. The molecular formula is C23H22O2. The van der Waals surface area contributed by atoms with E-state index in [0.29, 0.717) is 0 Å². The zero-order valence-corrected chi connectivity index (χ0v) is 14.6. The van der Waals surface area contributed by atoms with Gasteiger partial charge in [0.2, 0.25) is 0 Å². The van der Waals surface area contributed by atoms with Crippen LogP contribution < -0.4 is 9.47 Å². The first-order chi connectivity index (χ1) is 12.3. The third kappa shape index (κ3) is 4.30. The molecule has 25 heavy (non-hydrogen) atoms. The number of benzene rings is 4. The van der Waals surface area contributed by atoms with Gasteiger partial charge in [-0.1, -0.05) is 60.7 Å². The Hall–Kier alpha value is -3.00. The molecule has 0 aliphatic rings. The summed E-state index contributed by atoms with van der Waals surface area (Å²) in [5.41, 5.74) is 0. The van der Waals surface area contributed by atoms with Crippen molar-refractivity contribution in [1.82, 2.24) is 0 Å². The van der Waals surface area contributed by atoms with Gasteiger partial charge < -0.3 is 9.47 Å². The van der Waals surface area contributed by atoms with E-state index in [1.807, 2.05) is 49.4 Å². The Labute approximate surface area is 148 Å². The van der Waals surface area contributed by atoms with Crippen LogP contribution in [0.4, 0.5) is 0 Å². The fraction of sp³-hybridized carbons (Fsp3) is 0.130. The molecule has 0 fully saturated rings. The van der Waals surface area contributed by atoms with Gasteiger partial charge in [-0.3, -0.25) is 0 Å². The van der Waals surface area contributed by atoms with Gasteiger partial charge in [-0.25, -0.2) is 0 Å².